The number of rotatable bonds is 10. The van der Waals surface area contributed by atoms with E-state index in [1.807, 2.05) is 44.2 Å². The number of methoxy groups -OCH3 is 1. The maximum atomic E-state index is 13.0. The topological polar surface area (TPSA) is 85.6 Å². The van der Waals surface area contributed by atoms with Gasteiger partial charge < -0.3 is 14.5 Å². The van der Waals surface area contributed by atoms with E-state index in [9.17, 15) is 14.4 Å². The van der Waals surface area contributed by atoms with Crippen LogP contribution in [0.2, 0.25) is 0 Å². The molecule has 28 heavy (non-hydrogen) atoms. The summed E-state index contributed by atoms with van der Waals surface area (Å²) in [6.45, 7) is 3.92. The SMILES string of the molecule is COC(=O)[C@H](CC(C)C)NC(=O)C(CC(=O)c1ccco1)Cc1ccccc1. The quantitative estimate of drug-likeness (QED) is 0.500. The molecule has 0 aliphatic rings. The van der Waals surface area contributed by atoms with Gasteiger partial charge >= 0.3 is 5.97 Å². The molecule has 1 unspecified atom stereocenters. The van der Waals surface area contributed by atoms with Gasteiger partial charge in [0.2, 0.25) is 5.91 Å². The summed E-state index contributed by atoms with van der Waals surface area (Å²) >= 11 is 0. The Morgan fingerprint density at radius 2 is 1.79 bits per heavy atom. The van der Waals surface area contributed by atoms with Crippen LogP contribution in [0.3, 0.4) is 0 Å². The van der Waals surface area contributed by atoms with E-state index in [2.05, 4.69) is 5.32 Å². The molecular formula is C22H27NO5. The van der Waals surface area contributed by atoms with Gasteiger partial charge in [0.25, 0.3) is 0 Å². The Morgan fingerprint density at radius 3 is 2.36 bits per heavy atom. The molecule has 0 saturated heterocycles. The van der Waals surface area contributed by atoms with Crippen LogP contribution in [-0.4, -0.2) is 30.8 Å². The lowest BCUT2D eigenvalue weighted by Crippen LogP contribution is -2.45. The number of benzene rings is 1. The summed E-state index contributed by atoms with van der Waals surface area (Å²) in [6.07, 6.45) is 2.26. The van der Waals surface area contributed by atoms with Crippen LogP contribution in [0, 0.1) is 11.8 Å². The lowest BCUT2D eigenvalue weighted by molar-refractivity contribution is -0.146. The van der Waals surface area contributed by atoms with Gasteiger partial charge in [-0.15, -0.1) is 0 Å². The molecule has 1 amide bonds. The third-order valence-electron chi connectivity index (χ3n) is 4.43. The number of amides is 1. The van der Waals surface area contributed by atoms with E-state index < -0.39 is 17.9 Å². The van der Waals surface area contributed by atoms with Gasteiger partial charge in [-0.1, -0.05) is 44.2 Å². The second-order valence-corrected chi connectivity index (χ2v) is 7.21. The van der Waals surface area contributed by atoms with Crippen LogP contribution >= 0.6 is 0 Å². The van der Waals surface area contributed by atoms with Crippen LogP contribution < -0.4 is 5.32 Å². The molecule has 2 rings (SSSR count). The highest BCUT2D eigenvalue weighted by molar-refractivity contribution is 5.97. The van der Waals surface area contributed by atoms with E-state index in [0.29, 0.717) is 12.8 Å². The maximum absolute atomic E-state index is 13.0. The number of Topliss-reactive ketones (excluding diaryl/α,β-unsaturated/α-hetero) is 1. The van der Waals surface area contributed by atoms with Crippen LogP contribution in [0.5, 0.6) is 0 Å². The van der Waals surface area contributed by atoms with Crippen molar-refractivity contribution in [2.45, 2.75) is 39.2 Å². The number of ketones is 1. The van der Waals surface area contributed by atoms with E-state index in [-0.39, 0.29) is 29.8 Å². The van der Waals surface area contributed by atoms with E-state index in [1.165, 1.54) is 13.4 Å². The molecule has 0 bridgehead atoms. The third-order valence-corrected chi connectivity index (χ3v) is 4.43. The van der Waals surface area contributed by atoms with Crippen molar-refractivity contribution in [2.75, 3.05) is 7.11 Å². The Kier molecular flexibility index (Phi) is 7.99. The average Bonchev–Trinajstić information content (AvgIpc) is 3.21. The summed E-state index contributed by atoms with van der Waals surface area (Å²) in [4.78, 5) is 37.5. The number of carbonyl (C=O) groups excluding carboxylic acids is 3. The van der Waals surface area contributed by atoms with Crippen molar-refractivity contribution in [3.05, 3.63) is 60.1 Å². The first-order valence-corrected chi connectivity index (χ1v) is 9.39. The molecule has 150 valence electrons. The Balaban J connectivity index is 2.17. The van der Waals surface area contributed by atoms with Crippen molar-refractivity contribution in [3.63, 3.8) is 0 Å². The number of furan rings is 1. The van der Waals surface area contributed by atoms with Crippen molar-refractivity contribution in [2.24, 2.45) is 11.8 Å². The fourth-order valence-corrected chi connectivity index (χ4v) is 3.04. The molecule has 1 aromatic heterocycles. The van der Waals surface area contributed by atoms with Gasteiger partial charge in [0.05, 0.1) is 13.4 Å². The molecule has 6 nitrogen and oxygen atoms in total. The smallest absolute Gasteiger partial charge is 0.328 e. The molecule has 2 atom stereocenters. The number of hydrogen-bond donors (Lipinski definition) is 1. The Hall–Kier alpha value is -2.89. The summed E-state index contributed by atoms with van der Waals surface area (Å²) in [5.74, 6) is -1.30. The fourth-order valence-electron chi connectivity index (χ4n) is 3.04. The Labute approximate surface area is 165 Å². The highest BCUT2D eigenvalue weighted by Gasteiger charge is 2.29. The Morgan fingerprint density at radius 1 is 1.07 bits per heavy atom. The van der Waals surface area contributed by atoms with E-state index in [1.54, 1.807) is 12.1 Å². The second kappa shape index (κ2) is 10.4. The second-order valence-electron chi connectivity index (χ2n) is 7.21. The first kappa shape index (κ1) is 21.4. The van der Waals surface area contributed by atoms with E-state index in [4.69, 9.17) is 9.15 Å². The number of ether oxygens (including phenoxy) is 1. The molecule has 0 spiro atoms. The minimum atomic E-state index is -0.741. The predicted octanol–water partition coefficient (Wildman–Crippen LogP) is 3.42. The van der Waals surface area contributed by atoms with Crippen LogP contribution in [0.1, 0.15) is 42.8 Å². The summed E-state index contributed by atoms with van der Waals surface area (Å²) in [5, 5.41) is 2.77. The zero-order valence-electron chi connectivity index (χ0n) is 16.5. The summed E-state index contributed by atoms with van der Waals surface area (Å²) in [6, 6.07) is 11.9. The largest absolute Gasteiger partial charge is 0.467 e. The zero-order valence-corrected chi connectivity index (χ0v) is 16.5. The molecule has 1 heterocycles. The predicted molar refractivity (Wildman–Crippen MR) is 105 cm³/mol. The fraction of sp³-hybridized carbons (Fsp3) is 0.409. The number of carbonyl (C=O) groups is 3. The molecule has 1 aromatic carbocycles. The minimum absolute atomic E-state index is 0.0101. The van der Waals surface area contributed by atoms with E-state index >= 15 is 0 Å². The van der Waals surface area contributed by atoms with Gasteiger partial charge in [0.15, 0.2) is 11.5 Å². The van der Waals surface area contributed by atoms with Crippen molar-refractivity contribution >= 4 is 17.7 Å². The number of nitrogens with one attached hydrogen (secondary N) is 1. The molecule has 0 radical (unpaired) electrons. The van der Waals surface area contributed by atoms with Gasteiger partial charge in [-0.2, -0.15) is 0 Å². The lowest BCUT2D eigenvalue weighted by Gasteiger charge is -2.22. The first-order valence-electron chi connectivity index (χ1n) is 9.39. The van der Waals surface area contributed by atoms with Crippen LogP contribution in [0.4, 0.5) is 0 Å². The molecule has 0 aliphatic heterocycles. The van der Waals surface area contributed by atoms with Crippen LogP contribution in [0.25, 0.3) is 0 Å². The van der Waals surface area contributed by atoms with Gasteiger partial charge in [-0.05, 0) is 36.5 Å². The van der Waals surface area contributed by atoms with Crippen LogP contribution in [0.15, 0.2) is 53.1 Å². The third kappa shape index (κ3) is 6.37. The molecule has 6 heteroatoms. The highest BCUT2D eigenvalue weighted by Crippen LogP contribution is 2.18. The first-order chi connectivity index (χ1) is 13.4. The monoisotopic (exact) mass is 385 g/mol. The number of esters is 1. The Bertz CT molecular complexity index is 767. The molecule has 0 aliphatic carbocycles. The number of hydrogen-bond acceptors (Lipinski definition) is 5. The normalized spacial score (nSPS) is 13.0. The minimum Gasteiger partial charge on any atom is -0.467 e. The zero-order chi connectivity index (χ0) is 20.5. The van der Waals surface area contributed by atoms with Crippen molar-refractivity contribution < 1.29 is 23.5 Å². The molecule has 2 aromatic rings. The summed E-state index contributed by atoms with van der Waals surface area (Å²) < 4.78 is 9.98. The maximum Gasteiger partial charge on any atom is 0.328 e. The summed E-state index contributed by atoms with van der Waals surface area (Å²) in [7, 11) is 1.30. The summed E-state index contributed by atoms with van der Waals surface area (Å²) in [5.41, 5.74) is 0.938. The van der Waals surface area contributed by atoms with Gasteiger partial charge in [0, 0.05) is 12.3 Å². The van der Waals surface area contributed by atoms with Crippen molar-refractivity contribution in [3.8, 4) is 0 Å². The lowest BCUT2D eigenvalue weighted by atomic mass is 9.92. The van der Waals surface area contributed by atoms with Gasteiger partial charge in [-0.3, -0.25) is 9.59 Å². The van der Waals surface area contributed by atoms with Gasteiger partial charge in [0.1, 0.15) is 6.04 Å². The molecule has 0 fully saturated rings. The molecule has 0 saturated carbocycles. The average molecular weight is 385 g/mol. The standard InChI is InChI=1S/C22H27NO5/c1-15(2)12-18(22(26)27-3)23-21(25)17(13-16-8-5-4-6-9-16)14-19(24)20-10-7-11-28-20/h4-11,15,17-18H,12-14H2,1-3H3,(H,23,25)/t17?,18-/m0/s1. The highest BCUT2D eigenvalue weighted by atomic mass is 16.5. The molecular weight excluding hydrogens is 358 g/mol. The molecule has 1 N–H and O–H groups in total. The van der Waals surface area contributed by atoms with Crippen molar-refractivity contribution in [1.82, 2.24) is 5.32 Å². The van der Waals surface area contributed by atoms with E-state index in [0.717, 1.165) is 5.56 Å². The van der Waals surface area contributed by atoms with Crippen LogP contribution in [-0.2, 0) is 20.7 Å². The van der Waals surface area contributed by atoms with Gasteiger partial charge in [-0.25, -0.2) is 4.79 Å². The van der Waals surface area contributed by atoms with Crippen molar-refractivity contribution in [1.29, 1.82) is 0 Å².